The Morgan fingerprint density at radius 2 is 1.96 bits per heavy atom. The summed E-state index contributed by atoms with van der Waals surface area (Å²) in [7, 11) is 0. The van der Waals surface area contributed by atoms with Crippen molar-refractivity contribution in [2.24, 2.45) is 17.8 Å². The molecule has 2 aliphatic heterocycles. The quantitative estimate of drug-likeness (QED) is 0.484. The number of thioether (sulfide) groups is 1. The Kier molecular flexibility index (Phi) is 5.04. The second kappa shape index (κ2) is 6.86. The van der Waals surface area contributed by atoms with Crippen LogP contribution in [-0.2, 0) is 4.79 Å². The molecule has 7 unspecified atom stereocenters. The molecule has 2 saturated carbocycles. The van der Waals surface area contributed by atoms with E-state index in [1.165, 1.54) is 5.57 Å². The van der Waals surface area contributed by atoms with Crippen LogP contribution in [0.2, 0.25) is 0 Å². The number of carbonyl (C=O) groups excluding carboxylic acids is 1. The third-order valence-electron chi connectivity index (χ3n) is 6.36. The monoisotopic (exact) mass is 437 g/mol. The van der Waals surface area contributed by atoms with Gasteiger partial charge in [0.05, 0.1) is 5.92 Å². The number of fused-ring (bicyclic) bond motifs is 2. The van der Waals surface area contributed by atoms with Crippen molar-refractivity contribution in [3.8, 4) is 0 Å². The van der Waals surface area contributed by atoms with Gasteiger partial charge in [0, 0.05) is 39.7 Å². The van der Waals surface area contributed by atoms with Gasteiger partial charge in [-0.05, 0) is 38.5 Å². The normalized spacial score (nSPS) is 46.3. The highest BCUT2D eigenvalue weighted by atomic mass is 79.9. The van der Waals surface area contributed by atoms with Crippen molar-refractivity contribution in [1.82, 2.24) is 5.32 Å². The maximum atomic E-state index is 13.1. The SMILES string of the molecule is O=C1C2CCC(C(F)(F)F)CC2NC2/C(=C/C3CC(Br)CS3)CCC12. The molecule has 0 bridgehead atoms. The summed E-state index contributed by atoms with van der Waals surface area (Å²) in [6.45, 7) is 0. The lowest BCUT2D eigenvalue weighted by Crippen LogP contribution is -2.58. The molecule has 2 saturated heterocycles. The first-order valence-electron chi connectivity index (χ1n) is 9.15. The van der Waals surface area contributed by atoms with E-state index in [1.807, 2.05) is 11.8 Å². The molecule has 2 heterocycles. The summed E-state index contributed by atoms with van der Waals surface area (Å²) < 4.78 is 39.4. The van der Waals surface area contributed by atoms with E-state index in [0.29, 0.717) is 16.5 Å². The van der Waals surface area contributed by atoms with Crippen molar-refractivity contribution in [2.75, 3.05) is 5.75 Å². The van der Waals surface area contributed by atoms with Crippen LogP contribution in [0, 0.1) is 17.8 Å². The molecule has 0 radical (unpaired) electrons. The van der Waals surface area contributed by atoms with E-state index in [2.05, 4.69) is 27.3 Å². The van der Waals surface area contributed by atoms with Gasteiger partial charge < -0.3 is 5.32 Å². The van der Waals surface area contributed by atoms with Crippen LogP contribution in [0.4, 0.5) is 13.2 Å². The number of hydrogen-bond donors (Lipinski definition) is 1. The molecule has 0 aromatic carbocycles. The van der Waals surface area contributed by atoms with Gasteiger partial charge in [0.2, 0.25) is 0 Å². The molecule has 7 atom stereocenters. The summed E-state index contributed by atoms with van der Waals surface area (Å²) in [4.78, 5) is 13.4. The van der Waals surface area contributed by atoms with Gasteiger partial charge in [-0.2, -0.15) is 24.9 Å². The van der Waals surface area contributed by atoms with Gasteiger partial charge in [0.1, 0.15) is 5.78 Å². The molecule has 4 aliphatic rings. The number of halogens is 4. The highest BCUT2D eigenvalue weighted by molar-refractivity contribution is 9.09. The predicted octanol–water partition coefficient (Wildman–Crippen LogP) is 4.48. The molecule has 0 amide bonds. The van der Waals surface area contributed by atoms with Crippen molar-refractivity contribution in [1.29, 1.82) is 0 Å². The number of piperidine rings is 1. The first kappa shape index (κ1) is 18.4. The summed E-state index contributed by atoms with van der Waals surface area (Å²) in [5.41, 5.74) is 1.25. The fourth-order valence-corrected chi connectivity index (χ4v) is 7.43. The van der Waals surface area contributed by atoms with Gasteiger partial charge in [-0.1, -0.05) is 27.6 Å². The van der Waals surface area contributed by atoms with E-state index >= 15 is 0 Å². The number of nitrogens with one attached hydrogen (secondary N) is 1. The standard InChI is InChI=1S/C18H23BrF3NOS/c19-11-7-12(25-8-11)5-9-1-3-14-16(9)23-15-6-10(18(20,21)22)2-4-13(15)17(14)24/h5,10-16,23H,1-4,6-8H2/b9-5+. The van der Waals surface area contributed by atoms with Crippen LogP contribution in [0.1, 0.15) is 38.5 Å². The van der Waals surface area contributed by atoms with Crippen molar-refractivity contribution < 1.29 is 18.0 Å². The minimum absolute atomic E-state index is 0.0268. The first-order chi connectivity index (χ1) is 11.8. The van der Waals surface area contributed by atoms with E-state index in [0.717, 1.165) is 25.0 Å². The van der Waals surface area contributed by atoms with Crippen molar-refractivity contribution in [3.05, 3.63) is 11.6 Å². The Hall–Kier alpha value is -0.0100. The van der Waals surface area contributed by atoms with Crippen molar-refractivity contribution in [2.45, 2.75) is 66.9 Å². The largest absolute Gasteiger partial charge is 0.391 e. The Labute approximate surface area is 158 Å². The fraction of sp³-hybridized carbons (Fsp3) is 0.833. The van der Waals surface area contributed by atoms with Crippen LogP contribution in [0.15, 0.2) is 11.6 Å². The van der Waals surface area contributed by atoms with Crippen molar-refractivity contribution >= 4 is 33.5 Å². The first-order valence-corrected chi connectivity index (χ1v) is 11.1. The third kappa shape index (κ3) is 3.57. The summed E-state index contributed by atoms with van der Waals surface area (Å²) in [6, 6.07) is -0.341. The van der Waals surface area contributed by atoms with Gasteiger partial charge >= 0.3 is 6.18 Å². The Morgan fingerprint density at radius 1 is 1.16 bits per heavy atom. The molecular formula is C18H23BrF3NOS. The van der Waals surface area contributed by atoms with Crippen molar-refractivity contribution in [3.63, 3.8) is 0 Å². The minimum Gasteiger partial charge on any atom is -0.306 e. The van der Waals surface area contributed by atoms with Gasteiger partial charge in [0.25, 0.3) is 0 Å². The van der Waals surface area contributed by atoms with Crippen LogP contribution >= 0.6 is 27.7 Å². The molecular weight excluding hydrogens is 415 g/mol. The number of Topliss-reactive ketones (excluding diaryl/α,β-unsaturated/α-hetero) is 1. The number of carbonyl (C=O) groups is 1. The average molecular weight is 438 g/mol. The molecule has 4 rings (SSSR count). The number of hydrogen-bond acceptors (Lipinski definition) is 3. The maximum Gasteiger partial charge on any atom is 0.391 e. The van der Waals surface area contributed by atoms with Gasteiger partial charge in [-0.15, -0.1) is 0 Å². The molecule has 140 valence electrons. The zero-order chi connectivity index (χ0) is 17.8. The van der Waals surface area contributed by atoms with Gasteiger partial charge in [-0.25, -0.2) is 0 Å². The number of rotatable bonds is 1. The topological polar surface area (TPSA) is 29.1 Å². The summed E-state index contributed by atoms with van der Waals surface area (Å²) in [5, 5.41) is 3.94. The molecule has 7 heteroatoms. The zero-order valence-electron chi connectivity index (χ0n) is 13.9. The summed E-state index contributed by atoms with van der Waals surface area (Å²) >= 11 is 5.57. The highest BCUT2D eigenvalue weighted by Crippen LogP contribution is 2.46. The van der Waals surface area contributed by atoms with Crippen LogP contribution in [0.3, 0.4) is 0 Å². The zero-order valence-corrected chi connectivity index (χ0v) is 16.3. The smallest absolute Gasteiger partial charge is 0.306 e. The number of alkyl halides is 4. The van der Waals surface area contributed by atoms with Gasteiger partial charge in [-0.3, -0.25) is 4.79 Å². The van der Waals surface area contributed by atoms with E-state index in [9.17, 15) is 18.0 Å². The molecule has 2 aliphatic carbocycles. The average Bonchev–Trinajstić information content (AvgIpc) is 3.13. The minimum atomic E-state index is -4.15. The third-order valence-corrected chi connectivity index (χ3v) is 8.84. The van der Waals surface area contributed by atoms with Crippen LogP contribution in [0.5, 0.6) is 0 Å². The molecule has 25 heavy (non-hydrogen) atoms. The molecule has 0 aromatic rings. The van der Waals surface area contributed by atoms with Crippen LogP contribution in [0.25, 0.3) is 0 Å². The highest BCUT2D eigenvalue weighted by Gasteiger charge is 2.52. The maximum absolute atomic E-state index is 13.1. The van der Waals surface area contributed by atoms with Crippen LogP contribution in [-0.4, -0.2) is 39.9 Å². The second-order valence-electron chi connectivity index (χ2n) is 7.90. The van der Waals surface area contributed by atoms with Crippen LogP contribution < -0.4 is 5.32 Å². The Balaban J connectivity index is 1.50. The van der Waals surface area contributed by atoms with E-state index < -0.39 is 12.1 Å². The lowest BCUT2D eigenvalue weighted by atomic mass is 9.69. The molecule has 1 N–H and O–H groups in total. The molecule has 2 nitrogen and oxygen atoms in total. The second-order valence-corrected chi connectivity index (χ2v) is 10.5. The van der Waals surface area contributed by atoms with Gasteiger partial charge in [0.15, 0.2) is 0 Å². The Bertz CT molecular complexity index is 581. The molecule has 0 aromatic heterocycles. The predicted molar refractivity (Wildman–Crippen MR) is 97.0 cm³/mol. The fourth-order valence-electron chi connectivity index (χ4n) is 5.09. The summed E-state index contributed by atoms with van der Waals surface area (Å²) in [6.07, 6.45) is 1.52. The number of ketones is 1. The summed E-state index contributed by atoms with van der Waals surface area (Å²) in [5.74, 6) is -0.199. The van der Waals surface area contributed by atoms with E-state index in [-0.39, 0.29) is 42.5 Å². The molecule has 4 fully saturated rings. The van der Waals surface area contributed by atoms with E-state index in [4.69, 9.17) is 0 Å². The lowest BCUT2D eigenvalue weighted by molar-refractivity contribution is -0.188. The lowest BCUT2D eigenvalue weighted by Gasteiger charge is -2.44. The van der Waals surface area contributed by atoms with E-state index in [1.54, 1.807) is 0 Å². The Morgan fingerprint density at radius 3 is 2.64 bits per heavy atom. The molecule has 0 spiro atoms.